The van der Waals surface area contributed by atoms with Gasteiger partial charge in [-0.25, -0.2) is 8.78 Å². The van der Waals surface area contributed by atoms with Gasteiger partial charge in [0.15, 0.2) is 0 Å². The average Bonchev–Trinajstić information content (AvgIpc) is 2.09. The van der Waals surface area contributed by atoms with E-state index in [2.05, 4.69) is 27.8 Å². The van der Waals surface area contributed by atoms with Gasteiger partial charge in [-0.1, -0.05) is 11.8 Å². The lowest BCUT2D eigenvalue weighted by molar-refractivity contribution is 0.591. The highest BCUT2D eigenvalue weighted by Gasteiger charge is 2.05. The Hall–Kier alpha value is -0.920. The fraction of sp³-hybridized carbons (Fsp3) is 0.111. The molecule has 13 heavy (non-hydrogen) atoms. The van der Waals surface area contributed by atoms with Crippen LogP contribution in [0.4, 0.5) is 8.78 Å². The van der Waals surface area contributed by atoms with Gasteiger partial charge in [-0.3, -0.25) is 0 Å². The smallest absolute Gasteiger partial charge is 0.140 e. The monoisotopic (exact) mass is 245 g/mol. The Morgan fingerprint density at radius 3 is 2.62 bits per heavy atom. The third-order valence-corrected chi connectivity index (χ3v) is 1.94. The molecule has 2 N–H and O–H groups in total. The van der Waals surface area contributed by atoms with E-state index in [4.69, 9.17) is 5.73 Å². The first-order chi connectivity index (χ1) is 6.15. The molecule has 1 aromatic carbocycles. The molecule has 1 aromatic rings. The summed E-state index contributed by atoms with van der Waals surface area (Å²) in [5.41, 5.74) is 5.11. The fourth-order valence-electron chi connectivity index (χ4n) is 0.765. The normalized spacial score (nSPS) is 9.23. The third kappa shape index (κ3) is 2.51. The van der Waals surface area contributed by atoms with E-state index >= 15 is 0 Å². The van der Waals surface area contributed by atoms with Gasteiger partial charge in [0.1, 0.15) is 11.6 Å². The lowest BCUT2D eigenvalue weighted by Gasteiger charge is -1.97. The Morgan fingerprint density at radius 2 is 2.00 bits per heavy atom. The summed E-state index contributed by atoms with van der Waals surface area (Å²) in [6.45, 7) is 0.122. The molecule has 1 rings (SSSR count). The zero-order chi connectivity index (χ0) is 9.84. The van der Waals surface area contributed by atoms with Crippen molar-refractivity contribution in [3.8, 4) is 11.8 Å². The zero-order valence-corrected chi connectivity index (χ0v) is 8.16. The number of hydrogen-bond donors (Lipinski definition) is 1. The zero-order valence-electron chi connectivity index (χ0n) is 6.57. The Kier molecular flexibility index (Phi) is 3.40. The molecule has 0 bridgehead atoms. The summed E-state index contributed by atoms with van der Waals surface area (Å²) in [5, 5.41) is 0. The molecule has 0 atom stereocenters. The van der Waals surface area contributed by atoms with Crippen molar-refractivity contribution in [1.82, 2.24) is 0 Å². The summed E-state index contributed by atoms with van der Waals surface area (Å²) in [6, 6.07) is 2.07. The molecule has 0 unspecified atom stereocenters. The second kappa shape index (κ2) is 4.35. The van der Waals surface area contributed by atoms with Crippen LogP contribution in [0.5, 0.6) is 0 Å². The molecule has 68 valence electrons. The van der Waals surface area contributed by atoms with Crippen LogP contribution in [0.15, 0.2) is 16.6 Å². The summed E-state index contributed by atoms with van der Waals surface area (Å²) in [6.07, 6.45) is 0. The molecule has 1 nitrogen and oxygen atoms in total. The summed E-state index contributed by atoms with van der Waals surface area (Å²) in [7, 11) is 0. The Bertz CT molecular complexity index is 379. The number of benzene rings is 1. The highest BCUT2D eigenvalue weighted by atomic mass is 79.9. The number of hydrogen-bond acceptors (Lipinski definition) is 1. The Balaban J connectivity index is 3.16. The number of nitrogens with two attached hydrogens (primary N) is 1. The van der Waals surface area contributed by atoms with Crippen LogP contribution >= 0.6 is 15.9 Å². The molecule has 0 fully saturated rings. The lowest BCUT2D eigenvalue weighted by atomic mass is 10.2. The Morgan fingerprint density at radius 1 is 1.31 bits per heavy atom. The fourth-order valence-corrected chi connectivity index (χ4v) is 1.08. The summed E-state index contributed by atoms with van der Waals surface area (Å²) >= 11 is 2.86. The van der Waals surface area contributed by atoms with Crippen LogP contribution < -0.4 is 5.73 Å². The predicted molar refractivity (Wildman–Crippen MR) is 50.0 cm³/mol. The van der Waals surface area contributed by atoms with Gasteiger partial charge in [0.25, 0.3) is 0 Å². The predicted octanol–water partition coefficient (Wildman–Crippen LogP) is 2.04. The van der Waals surface area contributed by atoms with Crippen molar-refractivity contribution < 1.29 is 8.78 Å². The Labute approximate surface area is 83.1 Å². The van der Waals surface area contributed by atoms with Gasteiger partial charge in [-0.05, 0) is 28.1 Å². The molecule has 4 heteroatoms. The van der Waals surface area contributed by atoms with Gasteiger partial charge in [0, 0.05) is 0 Å². The minimum absolute atomic E-state index is 0.0196. The van der Waals surface area contributed by atoms with E-state index in [1.54, 1.807) is 0 Å². The molecule has 0 aliphatic rings. The topological polar surface area (TPSA) is 26.0 Å². The average molecular weight is 246 g/mol. The van der Waals surface area contributed by atoms with Crippen LogP contribution in [0.3, 0.4) is 0 Å². The van der Waals surface area contributed by atoms with Crippen molar-refractivity contribution in [1.29, 1.82) is 0 Å². The first-order valence-corrected chi connectivity index (χ1v) is 4.28. The first-order valence-electron chi connectivity index (χ1n) is 3.48. The van der Waals surface area contributed by atoms with Gasteiger partial charge < -0.3 is 5.73 Å². The number of halogens is 3. The van der Waals surface area contributed by atoms with Crippen molar-refractivity contribution in [2.75, 3.05) is 6.54 Å². The molecule has 0 saturated carbocycles. The van der Waals surface area contributed by atoms with E-state index in [0.717, 1.165) is 12.1 Å². The summed E-state index contributed by atoms with van der Waals surface area (Å²) in [4.78, 5) is 0. The number of rotatable bonds is 0. The van der Waals surface area contributed by atoms with E-state index < -0.39 is 11.6 Å². The molecule has 0 amide bonds. The minimum Gasteiger partial charge on any atom is -0.320 e. The van der Waals surface area contributed by atoms with Gasteiger partial charge in [0.2, 0.25) is 0 Å². The quantitative estimate of drug-likeness (QED) is 0.550. The SMILES string of the molecule is NCC#Cc1cc(F)c(Br)cc1F. The van der Waals surface area contributed by atoms with Crippen molar-refractivity contribution in [2.45, 2.75) is 0 Å². The highest BCUT2D eigenvalue weighted by molar-refractivity contribution is 9.10. The molecule has 0 aromatic heterocycles. The maximum Gasteiger partial charge on any atom is 0.140 e. The molecule has 0 heterocycles. The van der Waals surface area contributed by atoms with Gasteiger partial charge in [-0.2, -0.15) is 0 Å². The molecule has 0 spiro atoms. The molecular formula is C9H6BrF2N. The van der Waals surface area contributed by atoms with E-state index in [9.17, 15) is 8.78 Å². The molecule has 0 aliphatic carbocycles. The molecular weight excluding hydrogens is 240 g/mol. The van der Waals surface area contributed by atoms with Crippen molar-refractivity contribution in [3.63, 3.8) is 0 Å². The second-order valence-electron chi connectivity index (χ2n) is 2.25. The first kappa shape index (κ1) is 10.2. The van der Waals surface area contributed by atoms with Gasteiger partial charge >= 0.3 is 0 Å². The lowest BCUT2D eigenvalue weighted by Crippen LogP contribution is -1.94. The van der Waals surface area contributed by atoms with E-state index in [-0.39, 0.29) is 16.6 Å². The van der Waals surface area contributed by atoms with Gasteiger partial charge in [0.05, 0.1) is 16.6 Å². The third-order valence-electron chi connectivity index (χ3n) is 1.34. The largest absolute Gasteiger partial charge is 0.320 e. The highest BCUT2D eigenvalue weighted by Crippen LogP contribution is 2.19. The van der Waals surface area contributed by atoms with Crippen LogP contribution in [0.2, 0.25) is 0 Å². The van der Waals surface area contributed by atoms with Crippen LogP contribution in [0.25, 0.3) is 0 Å². The van der Waals surface area contributed by atoms with Crippen molar-refractivity contribution in [2.24, 2.45) is 5.73 Å². The molecule has 0 saturated heterocycles. The van der Waals surface area contributed by atoms with Gasteiger partial charge in [-0.15, -0.1) is 0 Å². The second-order valence-corrected chi connectivity index (χ2v) is 3.11. The minimum atomic E-state index is -0.561. The summed E-state index contributed by atoms with van der Waals surface area (Å²) in [5.74, 6) is 3.78. The maximum atomic E-state index is 13.0. The summed E-state index contributed by atoms with van der Waals surface area (Å²) < 4.78 is 26.0. The van der Waals surface area contributed by atoms with Crippen LogP contribution in [-0.2, 0) is 0 Å². The van der Waals surface area contributed by atoms with E-state index in [1.165, 1.54) is 0 Å². The molecule has 0 radical (unpaired) electrons. The van der Waals surface area contributed by atoms with Crippen LogP contribution in [0.1, 0.15) is 5.56 Å². The van der Waals surface area contributed by atoms with Crippen molar-refractivity contribution >= 4 is 15.9 Å². The van der Waals surface area contributed by atoms with Crippen LogP contribution in [-0.4, -0.2) is 6.54 Å². The standard InChI is InChI=1S/C9H6BrF2N/c10-7-5-8(11)6(2-1-3-13)4-9(7)12/h4-5H,3,13H2. The molecule has 0 aliphatic heterocycles. The van der Waals surface area contributed by atoms with E-state index in [0.29, 0.717) is 0 Å². The van der Waals surface area contributed by atoms with Crippen molar-refractivity contribution in [3.05, 3.63) is 33.8 Å². The maximum absolute atomic E-state index is 13.0. The van der Waals surface area contributed by atoms with E-state index in [1.807, 2.05) is 0 Å². The van der Waals surface area contributed by atoms with Crippen LogP contribution in [0, 0.1) is 23.5 Å².